The molecule has 0 aromatic heterocycles. The number of carbonyl (C=O) groups excluding carboxylic acids is 2. The molecule has 1 amide bonds. The fourth-order valence-corrected chi connectivity index (χ4v) is 4.63. The molecule has 1 aromatic rings. The zero-order chi connectivity index (χ0) is 18.7. The number of likely N-dealkylation sites (tertiary alicyclic amines) is 1. The molecular formula is C21H28FNO3. The summed E-state index contributed by atoms with van der Waals surface area (Å²) in [7, 11) is 0. The minimum atomic E-state index is -0.818. The largest absolute Gasteiger partial charge is 0.455 e. The normalized spacial score (nSPS) is 25.1. The van der Waals surface area contributed by atoms with Gasteiger partial charge < -0.3 is 9.64 Å². The van der Waals surface area contributed by atoms with Crippen LogP contribution in [0.3, 0.4) is 0 Å². The molecule has 0 spiro atoms. The van der Waals surface area contributed by atoms with Crippen LogP contribution < -0.4 is 0 Å². The lowest BCUT2D eigenvalue weighted by molar-refractivity contribution is -0.159. The molecule has 2 atom stereocenters. The number of esters is 1. The van der Waals surface area contributed by atoms with Gasteiger partial charge in [-0.25, -0.2) is 4.39 Å². The highest BCUT2D eigenvalue weighted by Gasteiger charge is 2.44. The molecule has 1 saturated carbocycles. The van der Waals surface area contributed by atoms with Crippen molar-refractivity contribution >= 4 is 11.9 Å². The third-order valence-corrected chi connectivity index (χ3v) is 6.03. The predicted molar refractivity (Wildman–Crippen MR) is 97.1 cm³/mol. The fourth-order valence-electron chi connectivity index (χ4n) is 4.63. The average molecular weight is 361 g/mol. The number of amides is 1. The van der Waals surface area contributed by atoms with Crippen LogP contribution in [-0.2, 0) is 19.7 Å². The van der Waals surface area contributed by atoms with Crippen LogP contribution in [0.4, 0.5) is 4.39 Å². The van der Waals surface area contributed by atoms with Crippen molar-refractivity contribution in [2.75, 3.05) is 6.61 Å². The van der Waals surface area contributed by atoms with Crippen LogP contribution in [0.25, 0.3) is 0 Å². The summed E-state index contributed by atoms with van der Waals surface area (Å²) in [5, 5.41) is 0. The van der Waals surface area contributed by atoms with Crippen molar-refractivity contribution in [3.8, 4) is 0 Å². The highest BCUT2D eigenvalue weighted by Crippen LogP contribution is 2.42. The van der Waals surface area contributed by atoms with Crippen LogP contribution in [0.15, 0.2) is 24.3 Å². The third kappa shape index (κ3) is 3.62. The van der Waals surface area contributed by atoms with Crippen molar-refractivity contribution in [3.05, 3.63) is 35.6 Å². The number of ether oxygens (including phenoxy) is 1. The monoisotopic (exact) mass is 361 g/mol. The van der Waals surface area contributed by atoms with Crippen molar-refractivity contribution < 1.29 is 18.7 Å². The lowest BCUT2D eigenvalue weighted by Gasteiger charge is -2.39. The maximum Gasteiger partial charge on any atom is 0.317 e. The van der Waals surface area contributed by atoms with Gasteiger partial charge in [0.25, 0.3) is 5.91 Å². The number of rotatable bonds is 4. The molecular weight excluding hydrogens is 333 g/mol. The Morgan fingerprint density at radius 2 is 1.81 bits per heavy atom. The topological polar surface area (TPSA) is 46.6 Å². The van der Waals surface area contributed by atoms with Crippen molar-refractivity contribution in [1.82, 2.24) is 4.90 Å². The molecule has 5 heteroatoms. The Labute approximate surface area is 154 Å². The van der Waals surface area contributed by atoms with Crippen LogP contribution in [0.5, 0.6) is 0 Å². The van der Waals surface area contributed by atoms with Crippen LogP contribution in [-0.4, -0.2) is 35.5 Å². The summed E-state index contributed by atoms with van der Waals surface area (Å²) in [5.41, 5.74) is -0.159. The van der Waals surface area contributed by atoms with Crippen molar-refractivity contribution in [1.29, 1.82) is 0 Å². The molecule has 0 unspecified atom stereocenters. The van der Waals surface area contributed by atoms with Crippen LogP contribution in [0.2, 0.25) is 0 Å². The van der Waals surface area contributed by atoms with E-state index in [0.717, 1.165) is 32.1 Å². The first-order valence-corrected chi connectivity index (χ1v) is 9.68. The second-order valence-electron chi connectivity index (χ2n) is 7.81. The van der Waals surface area contributed by atoms with Crippen molar-refractivity contribution in [2.24, 2.45) is 0 Å². The number of nitrogens with zero attached hydrogens (tertiary/aromatic N) is 1. The summed E-state index contributed by atoms with van der Waals surface area (Å²) in [6, 6.07) is 6.55. The molecule has 2 aliphatic rings. The molecule has 142 valence electrons. The van der Waals surface area contributed by atoms with Gasteiger partial charge in [0.15, 0.2) is 6.61 Å². The highest BCUT2D eigenvalue weighted by molar-refractivity contribution is 5.87. The van der Waals surface area contributed by atoms with E-state index in [0.29, 0.717) is 18.4 Å². The molecule has 3 rings (SSSR count). The molecule has 1 aliphatic heterocycles. The molecule has 0 N–H and O–H groups in total. The molecule has 0 bridgehead atoms. The molecule has 1 saturated heterocycles. The number of piperidine rings is 1. The molecule has 0 radical (unpaired) electrons. The van der Waals surface area contributed by atoms with E-state index in [9.17, 15) is 14.0 Å². The van der Waals surface area contributed by atoms with Gasteiger partial charge in [0.05, 0.1) is 5.41 Å². The summed E-state index contributed by atoms with van der Waals surface area (Å²) in [4.78, 5) is 27.4. The van der Waals surface area contributed by atoms with Crippen molar-refractivity contribution in [3.63, 3.8) is 0 Å². The van der Waals surface area contributed by atoms with Gasteiger partial charge in [0, 0.05) is 12.1 Å². The van der Waals surface area contributed by atoms with Gasteiger partial charge in [-0.05, 0) is 63.6 Å². The first-order valence-electron chi connectivity index (χ1n) is 9.68. The molecule has 4 nitrogen and oxygen atoms in total. The van der Waals surface area contributed by atoms with Gasteiger partial charge in [-0.15, -0.1) is 0 Å². The van der Waals surface area contributed by atoms with E-state index >= 15 is 0 Å². The third-order valence-electron chi connectivity index (χ3n) is 6.03. The summed E-state index contributed by atoms with van der Waals surface area (Å²) in [6.07, 6.45) is 6.17. The van der Waals surface area contributed by atoms with Crippen LogP contribution in [0.1, 0.15) is 64.4 Å². The van der Waals surface area contributed by atoms with E-state index in [1.54, 1.807) is 12.1 Å². The Morgan fingerprint density at radius 3 is 2.42 bits per heavy atom. The van der Waals surface area contributed by atoms with Crippen molar-refractivity contribution in [2.45, 2.75) is 76.3 Å². The second kappa shape index (κ2) is 7.77. The molecule has 1 heterocycles. The van der Waals surface area contributed by atoms with E-state index in [1.165, 1.54) is 12.1 Å². The second-order valence-corrected chi connectivity index (χ2v) is 7.81. The van der Waals surface area contributed by atoms with Gasteiger partial charge in [0.1, 0.15) is 5.82 Å². The van der Waals surface area contributed by atoms with E-state index in [1.807, 2.05) is 18.7 Å². The number of benzene rings is 1. The fraction of sp³-hybridized carbons (Fsp3) is 0.619. The lowest BCUT2D eigenvalue weighted by Crippen LogP contribution is -2.49. The smallest absolute Gasteiger partial charge is 0.317 e. The SMILES string of the molecule is C[C@@H]1CCC[C@H](C)N1C(=O)COC(=O)C1(c2cccc(F)c2)CCCC1. The summed E-state index contributed by atoms with van der Waals surface area (Å²) >= 11 is 0. The van der Waals surface area contributed by atoms with E-state index in [2.05, 4.69) is 0 Å². The van der Waals surface area contributed by atoms with Gasteiger partial charge in [0.2, 0.25) is 0 Å². The Bertz CT molecular complexity index is 659. The average Bonchev–Trinajstić information content (AvgIpc) is 3.10. The Hall–Kier alpha value is -1.91. The number of carbonyl (C=O) groups is 2. The quantitative estimate of drug-likeness (QED) is 0.763. The Morgan fingerprint density at radius 1 is 1.15 bits per heavy atom. The van der Waals surface area contributed by atoms with Gasteiger partial charge in [-0.1, -0.05) is 25.0 Å². The first-order chi connectivity index (χ1) is 12.4. The lowest BCUT2D eigenvalue weighted by atomic mass is 9.79. The van der Waals surface area contributed by atoms with Crippen LogP contribution >= 0.6 is 0 Å². The van der Waals surface area contributed by atoms with Gasteiger partial charge in [-0.2, -0.15) is 0 Å². The Kier molecular flexibility index (Phi) is 5.64. The number of hydrogen-bond donors (Lipinski definition) is 0. The van der Waals surface area contributed by atoms with Crippen LogP contribution in [0, 0.1) is 5.82 Å². The maximum atomic E-state index is 13.7. The number of halogens is 1. The van der Waals surface area contributed by atoms with Gasteiger partial charge in [-0.3, -0.25) is 9.59 Å². The predicted octanol–water partition coefficient (Wildman–Crippen LogP) is 3.97. The molecule has 26 heavy (non-hydrogen) atoms. The molecule has 1 aromatic carbocycles. The minimum Gasteiger partial charge on any atom is -0.455 e. The first kappa shape index (κ1) is 18.9. The number of hydrogen-bond acceptors (Lipinski definition) is 3. The standard InChI is InChI=1S/C21H28FNO3/c1-15-7-5-8-16(2)23(15)19(24)14-26-20(25)21(11-3-4-12-21)17-9-6-10-18(22)13-17/h6,9-10,13,15-16H,3-5,7-8,11-12,14H2,1-2H3/t15-,16+. The highest BCUT2D eigenvalue weighted by atomic mass is 19.1. The van der Waals surface area contributed by atoms with E-state index in [-0.39, 0.29) is 30.4 Å². The van der Waals surface area contributed by atoms with Gasteiger partial charge >= 0.3 is 5.97 Å². The molecule has 2 fully saturated rings. The zero-order valence-corrected chi connectivity index (χ0v) is 15.7. The minimum absolute atomic E-state index is 0.134. The summed E-state index contributed by atoms with van der Waals surface area (Å²) < 4.78 is 19.2. The summed E-state index contributed by atoms with van der Waals surface area (Å²) in [5.74, 6) is -0.884. The molecule has 1 aliphatic carbocycles. The Balaban J connectivity index is 1.70. The van der Waals surface area contributed by atoms with E-state index < -0.39 is 11.4 Å². The maximum absolute atomic E-state index is 13.7. The zero-order valence-electron chi connectivity index (χ0n) is 15.7. The van der Waals surface area contributed by atoms with E-state index in [4.69, 9.17) is 4.74 Å². The summed E-state index contributed by atoms with van der Waals surface area (Å²) in [6.45, 7) is 3.85.